The Bertz CT molecular complexity index is 161. The summed E-state index contributed by atoms with van der Waals surface area (Å²) in [6.45, 7) is 7.82. The molecule has 0 N–H and O–H groups in total. The van der Waals surface area contributed by atoms with Crippen molar-refractivity contribution in [3.8, 4) is 0 Å². The van der Waals surface area contributed by atoms with Gasteiger partial charge >= 0.3 is 0 Å². The van der Waals surface area contributed by atoms with E-state index < -0.39 is 0 Å². The summed E-state index contributed by atoms with van der Waals surface area (Å²) in [5.74, 6) is 0.141. The van der Waals surface area contributed by atoms with Gasteiger partial charge in [-0.3, -0.25) is 4.79 Å². The van der Waals surface area contributed by atoms with Gasteiger partial charge in [-0.15, -0.1) is 0 Å². The maximum Gasteiger partial charge on any atom is 0.219 e. The molecule has 3 heteroatoms. The molecule has 0 aliphatic carbocycles. The number of nitrogens with zero attached hydrogens (tertiary/aromatic N) is 1. The van der Waals surface area contributed by atoms with Gasteiger partial charge in [-0.2, -0.15) is 0 Å². The van der Waals surface area contributed by atoms with Gasteiger partial charge in [0.15, 0.2) is 0 Å². The number of amides is 1. The van der Waals surface area contributed by atoms with E-state index in [1.165, 1.54) is 0 Å². The maximum absolute atomic E-state index is 10.8. The number of likely N-dealkylation sites (tertiary alicyclic amines) is 1. The van der Waals surface area contributed by atoms with Gasteiger partial charge in [0.2, 0.25) is 5.91 Å². The van der Waals surface area contributed by atoms with E-state index in [2.05, 4.69) is 0 Å². The Morgan fingerprint density at radius 2 is 2.18 bits per heavy atom. The van der Waals surface area contributed by atoms with Crippen molar-refractivity contribution >= 4 is 5.91 Å². The van der Waals surface area contributed by atoms with Crippen molar-refractivity contribution in [1.29, 1.82) is 0 Å². The molecular formula is C8H15NO2. The number of rotatable bonds is 2. The highest BCUT2D eigenvalue weighted by Crippen LogP contribution is 2.23. The van der Waals surface area contributed by atoms with Gasteiger partial charge in [-0.05, 0) is 13.8 Å². The molecule has 0 spiro atoms. The molecule has 0 aromatic heterocycles. The number of carbonyl (C=O) groups excluding carboxylic acids is 1. The molecule has 64 valence electrons. The lowest BCUT2D eigenvalue weighted by molar-refractivity contribution is -0.160. The predicted molar refractivity (Wildman–Crippen MR) is 42.3 cm³/mol. The minimum Gasteiger partial charge on any atom is -0.372 e. The van der Waals surface area contributed by atoms with Gasteiger partial charge in [0.25, 0.3) is 0 Å². The molecule has 0 aromatic carbocycles. The summed E-state index contributed by atoms with van der Waals surface area (Å²) in [6.07, 6.45) is 0. The van der Waals surface area contributed by atoms with E-state index in [0.717, 1.165) is 19.7 Å². The van der Waals surface area contributed by atoms with Crippen molar-refractivity contribution in [2.24, 2.45) is 0 Å². The van der Waals surface area contributed by atoms with Crippen LogP contribution in [0, 0.1) is 0 Å². The summed E-state index contributed by atoms with van der Waals surface area (Å²) in [5.41, 5.74) is -0.0690. The Labute approximate surface area is 67.3 Å². The predicted octanol–water partition coefficient (Wildman–Crippen LogP) is 0.644. The van der Waals surface area contributed by atoms with Crippen molar-refractivity contribution in [1.82, 2.24) is 4.90 Å². The van der Waals surface area contributed by atoms with Gasteiger partial charge in [0.1, 0.15) is 5.60 Å². The quantitative estimate of drug-likeness (QED) is 0.589. The molecule has 1 amide bonds. The van der Waals surface area contributed by atoms with Crippen molar-refractivity contribution in [3.05, 3.63) is 0 Å². The first-order chi connectivity index (χ1) is 5.07. The largest absolute Gasteiger partial charge is 0.372 e. The van der Waals surface area contributed by atoms with Crippen LogP contribution in [0.3, 0.4) is 0 Å². The van der Waals surface area contributed by atoms with Crippen LogP contribution < -0.4 is 0 Å². The Kier molecular flexibility index (Phi) is 2.18. The second kappa shape index (κ2) is 2.81. The van der Waals surface area contributed by atoms with Gasteiger partial charge in [0.05, 0.1) is 13.1 Å². The third-order valence-corrected chi connectivity index (χ3v) is 1.99. The maximum atomic E-state index is 10.8. The molecule has 1 saturated heterocycles. The van der Waals surface area contributed by atoms with Gasteiger partial charge in [-0.25, -0.2) is 0 Å². The van der Waals surface area contributed by atoms with Crippen molar-refractivity contribution < 1.29 is 9.53 Å². The summed E-state index contributed by atoms with van der Waals surface area (Å²) >= 11 is 0. The first-order valence-corrected chi connectivity index (χ1v) is 3.97. The van der Waals surface area contributed by atoms with Gasteiger partial charge in [0, 0.05) is 13.5 Å². The number of ether oxygens (including phenoxy) is 1. The van der Waals surface area contributed by atoms with Crippen LogP contribution in [0.5, 0.6) is 0 Å². The van der Waals surface area contributed by atoms with E-state index in [1.807, 2.05) is 13.8 Å². The van der Waals surface area contributed by atoms with E-state index >= 15 is 0 Å². The Morgan fingerprint density at radius 3 is 2.55 bits per heavy atom. The Morgan fingerprint density at radius 1 is 1.64 bits per heavy atom. The topological polar surface area (TPSA) is 29.5 Å². The molecule has 0 atom stereocenters. The molecule has 1 fully saturated rings. The Hall–Kier alpha value is -0.570. The van der Waals surface area contributed by atoms with Crippen molar-refractivity contribution in [3.63, 3.8) is 0 Å². The lowest BCUT2D eigenvalue weighted by Crippen LogP contribution is -2.62. The molecule has 11 heavy (non-hydrogen) atoms. The third kappa shape index (κ3) is 1.71. The van der Waals surface area contributed by atoms with E-state index in [0.29, 0.717) is 0 Å². The fraction of sp³-hybridized carbons (Fsp3) is 0.875. The summed E-state index contributed by atoms with van der Waals surface area (Å²) in [4.78, 5) is 12.6. The zero-order chi connectivity index (χ0) is 8.48. The SMILES string of the molecule is CCOC1(C)CN(C(C)=O)C1. The van der Waals surface area contributed by atoms with Crippen LogP contribution in [0.15, 0.2) is 0 Å². The first-order valence-electron chi connectivity index (χ1n) is 3.97. The molecule has 0 saturated carbocycles. The number of hydrogen-bond acceptors (Lipinski definition) is 2. The Balaban J connectivity index is 2.31. The van der Waals surface area contributed by atoms with Crippen LogP contribution in [0.25, 0.3) is 0 Å². The molecular weight excluding hydrogens is 142 g/mol. The third-order valence-electron chi connectivity index (χ3n) is 1.99. The highest BCUT2D eigenvalue weighted by Gasteiger charge is 2.40. The molecule has 3 nitrogen and oxygen atoms in total. The van der Waals surface area contributed by atoms with E-state index in [9.17, 15) is 4.79 Å². The molecule has 1 rings (SSSR count). The number of carbonyl (C=O) groups is 1. The molecule has 0 aromatic rings. The highest BCUT2D eigenvalue weighted by molar-refractivity contribution is 5.74. The normalized spacial score (nSPS) is 21.2. The molecule has 0 radical (unpaired) electrons. The molecule has 1 aliphatic heterocycles. The van der Waals surface area contributed by atoms with Crippen LogP contribution in [-0.4, -0.2) is 36.1 Å². The van der Waals surface area contributed by atoms with E-state index in [1.54, 1.807) is 11.8 Å². The van der Waals surface area contributed by atoms with Crippen LogP contribution in [0.2, 0.25) is 0 Å². The lowest BCUT2D eigenvalue weighted by atomic mass is 9.96. The molecule has 0 unspecified atom stereocenters. The van der Waals surface area contributed by atoms with Crippen LogP contribution in [0.4, 0.5) is 0 Å². The molecule has 1 aliphatic rings. The minimum atomic E-state index is -0.0690. The van der Waals surface area contributed by atoms with Crippen molar-refractivity contribution in [2.75, 3.05) is 19.7 Å². The molecule has 0 bridgehead atoms. The van der Waals surface area contributed by atoms with Gasteiger partial charge < -0.3 is 9.64 Å². The average Bonchev–Trinajstić information content (AvgIpc) is 1.82. The summed E-state index contributed by atoms with van der Waals surface area (Å²) in [5, 5.41) is 0. The fourth-order valence-electron chi connectivity index (χ4n) is 1.42. The first kappa shape index (κ1) is 8.53. The van der Waals surface area contributed by atoms with E-state index in [-0.39, 0.29) is 11.5 Å². The van der Waals surface area contributed by atoms with Crippen LogP contribution in [0.1, 0.15) is 20.8 Å². The monoisotopic (exact) mass is 157 g/mol. The average molecular weight is 157 g/mol. The van der Waals surface area contributed by atoms with E-state index in [4.69, 9.17) is 4.74 Å². The summed E-state index contributed by atoms with van der Waals surface area (Å²) < 4.78 is 5.45. The van der Waals surface area contributed by atoms with Gasteiger partial charge in [-0.1, -0.05) is 0 Å². The second-order valence-electron chi connectivity index (χ2n) is 3.26. The van der Waals surface area contributed by atoms with Crippen molar-refractivity contribution in [2.45, 2.75) is 26.4 Å². The lowest BCUT2D eigenvalue weighted by Gasteiger charge is -2.47. The number of hydrogen-bond donors (Lipinski definition) is 0. The minimum absolute atomic E-state index is 0.0690. The molecule has 1 heterocycles. The zero-order valence-corrected chi connectivity index (χ0v) is 7.39. The zero-order valence-electron chi connectivity index (χ0n) is 7.39. The standard InChI is InChI=1S/C8H15NO2/c1-4-11-8(3)5-9(6-8)7(2)10/h4-6H2,1-3H3. The van der Waals surface area contributed by atoms with Crippen LogP contribution >= 0.6 is 0 Å². The smallest absolute Gasteiger partial charge is 0.219 e. The van der Waals surface area contributed by atoms with Crippen LogP contribution in [-0.2, 0) is 9.53 Å². The second-order valence-corrected chi connectivity index (χ2v) is 3.26. The highest BCUT2D eigenvalue weighted by atomic mass is 16.5. The fourth-order valence-corrected chi connectivity index (χ4v) is 1.42. The summed E-state index contributed by atoms with van der Waals surface area (Å²) in [7, 11) is 0. The summed E-state index contributed by atoms with van der Waals surface area (Å²) in [6, 6.07) is 0.